The topological polar surface area (TPSA) is 12.0 Å². The minimum Gasteiger partial charge on any atom is -0.313 e. The Kier molecular flexibility index (Phi) is 9.34. The summed E-state index contributed by atoms with van der Waals surface area (Å²) in [6.07, 6.45) is 8.57. The van der Waals surface area contributed by atoms with E-state index in [-0.39, 0.29) is 0 Å². The van der Waals surface area contributed by atoms with Crippen LogP contribution in [0.15, 0.2) is 12.7 Å². The van der Waals surface area contributed by atoms with Gasteiger partial charge in [-0.3, -0.25) is 0 Å². The Morgan fingerprint density at radius 3 is 2.68 bits per heavy atom. The van der Waals surface area contributed by atoms with E-state index in [0.717, 1.165) is 22.3 Å². The van der Waals surface area contributed by atoms with Crippen LogP contribution in [0.4, 0.5) is 0 Å². The van der Waals surface area contributed by atoms with E-state index in [1.54, 1.807) is 0 Å². The van der Waals surface area contributed by atoms with Gasteiger partial charge in [0, 0.05) is 27.5 Å². The molecule has 0 spiro atoms. The van der Waals surface area contributed by atoms with Crippen molar-refractivity contribution >= 4 is 23.5 Å². The highest BCUT2D eigenvalue weighted by molar-refractivity contribution is 8.07. The molecule has 0 aromatic heterocycles. The largest absolute Gasteiger partial charge is 0.313 e. The van der Waals surface area contributed by atoms with Crippen molar-refractivity contribution in [3.8, 4) is 0 Å². The van der Waals surface area contributed by atoms with Crippen LogP contribution in [0.5, 0.6) is 0 Å². The van der Waals surface area contributed by atoms with Crippen LogP contribution in [0.25, 0.3) is 0 Å². The van der Waals surface area contributed by atoms with Crippen molar-refractivity contribution < 1.29 is 0 Å². The first-order valence-corrected chi connectivity index (χ1v) is 9.79. The lowest BCUT2D eigenvalue weighted by Gasteiger charge is -2.36. The molecule has 0 aromatic rings. The summed E-state index contributed by atoms with van der Waals surface area (Å²) in [4.78, 5) is 0. The molecule has 1 heterocycles. The van der Waals surface area contributed by atoms with Crippen molar-refractivity contribution in [1.29, 1.82) is 0 Å². The number of unbranched alkanes of at least 4 members (excludes halogenated alkanes) is 3. The molecule has 4 atom stereocenters. The van der Waals surface area contributed by atoms with E-state index in [9.17, 15) is 0 Å². The van der Waals surface area contributed by atoms with Crippen LogP contribution in [0.3, 0.4) is 0 Å². The number of rotatable bonds is 9. The average molecular weight is 302 g/mol. The van der Waals surface area contributed by atoms with E-state index < -0.39 is 0 Å². The van der Waals surface area contributed by atoms with Gasteiger partial charge < -0.3 is 5.32 Å². The minimum absolute atomic E-state index is 0.709. The average Bonchev–Trinajstić information content (AvgIpc) is 2.40. The normalized spacial score (nSPS) is 29.1. The quantitative estimate of drug-likeness (QED) is 0.488. The molecule has 1 rings (SSSR count). The molecule has 112 valence electrons. The highest BCUT2D eigenvalue weighted by atomic mass is 32.2. The Balaban J connectivity index is 2.32. The molecular formula is C16H31NS2. The Morgan fingerprint density at radius 1 is 1.26 bits per heavy atom. The molecule has 1 N–H and O–H groups in total. The zero-order valence-corrected chi connectivity index (χ0v) is 14.5. The van der Waals surface area contributed by atoms with E-state index in [4.69, 9.17) is 0 Å². The first kappa shape index (κ1) is 17.5. The molecule has 0 radical (unpaired) electrons. The molecule has 1 nitrogen and oxygen atoms in total. The molecule has 0 aromatic carbocycles. The van der Waals surface area contributed by atoms with Crippen LogP contribution in [-0.4, -0.2) is 34.1 Å². The predicted molar refractivity (Wildman–Crippen MR) is 93.5 cm³/mol. The van der Waals surface area contributed by atoms with Crippen LogP contribution >= 0.6 is 23.5 Å². The highest BCUT2D eigenvalue weighted by Gasteiger charge is 2.30. The van der Waals surface area contributed by atoms with Crippen molar-refractivity contribution in [2.45, 2.75) is 74.7 Å². The molecule has 0 aliphatic carbocycles. The fraction of sp³-hybridized carbons (Fsp3) is 0.875. The standard InChI is InChI=1S/C16H31NS2/c1-5-7-8-9-10-11-15(17-6-2)16-12-18-13(3)14(4)19-16/h5,13-17H,1,6-12H2,2-4H3. The van der Waals surface area contributed by atoms with Crippen molar-refractivity contribution in [2.75, 3.05) is 12.3 Å². The van der Waals surface area contributed by atoms with Crippen molar-refractivity contribution in [3.05, 3.63) is 12.7 Å². The summed E-state index contributed by atoms with van der Waals surface area (Å²) in [5.74, 6) is 1.32. The smallest absolute Gasteiger partial charge is 0.0294 e. The van der Waals surface area contributed by atoms with E-state index in [1.807, 2.05) is 6.08 Å². The predicted octanol–water partition coefficient (Wildman–Crippen LogP) is 4.73. The lowest BCUT2D eigenvalue weighted by Crippen LogP contribution is -2.43. The molecular weight excluding hydrogens is 270 g/mol. The molecule has 0 bridgehead atoms. The zero-order valence-electron chi connectivity index (χ0n) is 12.9. The molecule has 4 unspecified atom stereocenters. The maximum Gasteiger partial charge on any atom is 0.0294 e. The van der Waals surface area contributed by atoms with E-state index >= 15 is 0 Å². The fourth-order valence-electron chi connectivity index (χ4n) is 2.53. The second-order valence-electron chi connectivity index (χ2n) is 5.51. The second kappa shape index (κ2) is 10.2. The Morgan fingerprint density at radius 2 is 2.05 bits per heavy atom. The third-order valence-corrected chi connectivity index (χ3v) is 7.46. The van der Waals surface area contributed by atoms with Crippen LogP contribution < -0.4 is 5.32 Å². The second-order valence-corrected chi connectivity index (χ2v) is 8.54. The van der Waals surface area contributed by atoms with Gasteiger partial charge in [0.05, 0.1) is 0 Å². The molecule has 1 fully saturated rings. The molecule has 3 heteroatoms. The third-order valence-electron chi connectivity index (χ3n) is 3.91. The zero-order chi connectivity index (χ0) is 14.1. The number of hydrogen-bond donors (Lipinski definition) is 1. The lowest BCUT2D eigenvalue weighted by atomic mass is 10.0. The number of hydrogen-bond acceptors (Lipinski definition) is 3. The first-order chi connectivity index (χ1) is 9.19. The number of nitrogens with one attached hydrogen (secondary N) is 1. The van der Waals surface area contributed by atoms with E-state index in [0.29, 0.717) is 6.04 Å². The van der Waals surface area contributed by atoms with Gasteiger partial charge in [-0.15, -0.1) is 6.58 Å². The molecule has 1 aliphatic rings. The van der Waals surface area contributed by atoms with Gasteiger partial charge in [-0.05, 0) is 25.8 Å². The summed E-state index contributed by atoms with van der Waals surface area (Å²) in [5, 5.41) is 6.14. The number of allylic oxidation sites excluding steroid dienone is 1. The summed E-state index contributed by atoms with van der Waals surface area (Å²) >= 11 is 4.37. The third kappa shape index (κ3) is 6.59. The van der Waals surface area contributed by atoms with Crippen LogP contribution in [0.2, 0.25) is 0 Å². The monoisotopic (exact) mass is 301 g/mol. The molecule has 19 heavy (non-hydrogen) atoms. The van der Waals surface area contributed by atoms with Crippen LogP contribution in [0, 0.1) is 0 Å². The summed E-state index contributed by atoms with van der Waals surface area (Å²) in [5.41, 5.74) is 0. The molecule has 0 saturated carbocycles. The van der Waals surface area contributed by atoms with Gasteiger partial charge >= 0.3 is 0 Å². The van der Waals surface area contributed by atoms with Crippen molar-refractivity contribution in [1.82, 2.24) is 5.32 Å². The van der Waals surface area contributed by atoms with Gasteiger partial charge in [0.25, 0.3) is 0 Å². The van der Waals surface area contributed by atoms with Gasteiger partial charge in [0.15, 0.2) is 0 Å². The van der Waals surface area contributed by atoms with Crippen LogP contribution in [-0.2, 0) is 0 Å². The molecule has 0 amide bonds. The van der Waals surface area contributed by atoms with E-state index in [2.05, 4.69) is 56.2 Å². The Hall–Kier alpha value is 0.400. The summed E-state index contributed by atoms with van der Waals surface area (Å²) in [6, 6.07) is 0.709. The van der Waals surface area contributed by atoms with Gasteiger partial charge in [-0.2, -0.15) is 23.5 Å². The van der Waals surface area contributed by atoms with Crippen molar-refractivity contribution in [2.24, 2.45) is 0 Å². The number of thioether (sulfide) groups is 2. The summed E-state index contributed by atoms with van der Waals surface area (Å²) < 4.78 is 0. The SMILES string of the molecule is C=CCCCCCC(NCC)C1CSC(C)C(C)S1. The lowest BCUT2D eigenvalue weighted by molar-refractivity contribution is 0.464. The highest BCUT2D eigenvalue weighted by Crippen LogP contribution is 2.37. The van der Waals surface area contributed by atoms with Gasteiger partial charge in [-0.25, -0.2) is 0 Å². The maximum absolute atomic E-state index is 3.79. The first-order valence-electron chi connectivity index (χ1n) is 7.80. The molecule has 1 aliphatic heterocycles. The van der Waals surface area contributed by atoms with Gasteiger partial charge in [-0.1, -0.05) is 39.7 Å². The van der Waals surface area contributed by atoms with Gasteiger partial charge in [0.1, 0.15) is 0 Å². The summed E-state index contributed by atoms with van der Waals surface area (Å²) in [6.45, 7) is 11.9. The molecule has 1 saturated heterocycles. The van der Waals surface area contributed by atoms with E-state index in [1.165, 1.54) is 37.9 Å². The fourth-order valence-corrected chi connectivity index (χ4v) is 5.70. The van der Waals surface area contributed by atoms with Gasteiger partial charge in [0.2, 0.25) is 0 Å². The Bertz CT molecular complexity index is 245. The summed E-state index contributed by atoms with van der Waals surface area (Å²) in [7, 11) is 0. The minimum atomic E-state index is 0.709. The maximum atomic E-state index is 3.79. The van der Waals surface area contributed by atoms with Crippen molar-refractivity contribution in [3.63, 3.8) is 0 Å². The Labute approximate surface area is 128 Å². The van der Waals surface area contributed by atoms with Crippen LogP contribution in [0.1, 0.15) is 52.9 Å².